The average molecular weight is 668 g/mol. The molecule has 0 unspecified atom stereocenters. The third-order valence-electron chi connectivity index (χ3n) is 4.19. The molecule has 0 aliphatic heterocycles. The van der Waals surface area contributed by atoms with E-state index < -0.39 is 52.5 Å². The summed E-state index contributed by atoms with van der Waals surface area (Å²) in [6.07, 6.45) is -0.311. The van der Waals surface area contributed by atoms with E-state index in [0.717, 1.165) is 3.27 Å². The quantitative estimate of drug-likeness (QED) is 0.140. The normalized spacial score (nSPS) is 13.0. The Hall–Kier alpha value is -2.31. The number of carboxylic acid groups (broad SMARTS) is 3. The molecular weight excluding hydrogens is 644 g/mol. The summed E-state index contributed by atoms with van der Waals surface area (Å²) in [5, 5.41) is 31.1. The molecule has 0 aliphatic carbocycles. The number of aliphatic carboxylic acids is 3. The van der Waals surface area contributed by atoms with Crippen LogP contribution in [0.4, 0.5) is 4.79 Å². The van der Waals surface area contributed by atoms with Crippen LogP contribution in [0.3, 0.4) is 0 Å². The van der Waals surface area contributed by atoms with Crippen LogP contribution in [0, 0.1) is 24.7 Å². The van der Waals surface area contributed by atoms with E-state index in [1.807, 2.05) is 5.32 Å². The molecule has 0 spiro atoms. The number of sulfonamides is 1. The van der Waals surface area contributed by atoms with Crippen LogP contribution >= 0.6 is 0 Å². The van der Waals surface area contributed by atoms with Gasteiger partial charge in [0, 0.05) is 6.42 Å². The first-order valence-corrected chi connectivity index (χ1v) is 12.4. The van der Waals surface area contributed by atoms with E-state index in [2.05, 4.69) is 10.0 Å². The summed E-state index contributed by atoms with van der Waals surface area (Å²) in [6.45, 7) is 0.0640. The van der Waals surface area contributed by atoms with Gasteiger partial charge >= 0.3 is 141 Å². The molecular formula is C18H24AtN3O9S. The number of benzene rings is 1. The molecule has 14 heteroatoms. The van der Waals surface area contributed by atoms with Crippen molar-refractivity contribution in [3.63, 3.8) is 0 Å². The molecule has 0 aromatic heterocycles. The Balaban J connectivity index is 2.48. The molecule has 32 heavy (non-hydrogen) atoms. The average Bonchev–Trinajstić information content (AvgIpc) is 2.69. The molecule has 0 radical (unpaired) electrons. The Morgan fingerprint density at radius 1 is 0.875 bits per heavy atom. The number of unbranched alkanes of at least 4 members (excludes halogenated alkanes) is 1. The smallest absolute Gasteiger partial charge is 0.480 e. The zero-order valence-electron chi connectivity index (χ0n) is 16.8. The van der Waals surface area contributed by atoms with Gasteiger partial charge in [0.2, 0.25) is 0 Å². The van der Waals surface area contributed by atoms with E-state index in [1.54, 1.807) is 12.1 Å². The van der Waals surface area contributed by atoms with Gasteiger partial charge in [-0.3, -0.25) is 4.79 Å². The third-order valence-corrected chi connectivity index (χ3v) is 6.65. The summed E-state index contributed by atoms with van der Waals surface area (Å²) in [5.74, 6) is -4.03. The van der Waals surface area contributed by atoms with Gasteiger partial charge in [0.15, 0.2) is 0 Å². The van der Waals surface area contributed by atoms with E-state index in [9.17, 15) is 32.7 Å². The van der Waals surface area contributed by atoms with Crippen LogP contribution in [0.1, 0.15) is 32.1 Å². The monoisotopic (exact) mass is 668 g/mol. The van der Waals surface area contributed by atoms with Gasteiger partial charge < -0.3 is 20.6 Å². The van der Waals surface area contributed by atoms with E-state index in [-0.39, 0.29) is 30.7 Å². The van der Waals surface area contributed by atoms with E-state index in [4.69, 9.17) is 10.2 Å². The van der Waals surface area contributed by atoms with E-state index >= 15 is 0 Å². The van der Waals surface area contributed by atoms with E-state index in [0.29, 0.717) is 6.42 Å². The molecule has 0 bridgehead atoms. The zero-order chi connectivity index (χ0) is 24.3. The molecule has 6 N–H and O–H groups in total. The minimum absolute atomic E-state index is 0.0241. The second kappa shape index (κ2) is 13.3. The second-order valence-electron chi connectivity index (χ2n) is 6.68. The van der Waals surface area contributed by atoms with Gasteiger partial charge in [0.05, 0.1) is 0 Å². The van der Waals surface area contributed by atoms with Crippen LogP contribution in [-0.2, 0) is 24.4 Å². The van der Waals surface area contributed by atoms with Crippen LogP contribution in [0.15, 0.2) is 29.2 Å². The maximum absolute atomic E-state index is 12.2. The summed E-state index contributed by atoms with van der Waals surface area (Å²) in [4.78, 5) is 45.1. The number of carbonyl (C=O) groups is 4. The number of carboxylic acids is 3. The summed E-state index contributed by atoms with van der Waals surface area (Å²) in [5.41, 5.74) is 0. The fourth-order valence-corrected chi connectivity index (χ4v) is 4.08. The number of nitrogens with one attached hydrogen (secondary N) is 3. The van der Waals surface area contributed by atoms with Gasteiger partial charge in [-0.2, -0.15) is 0 Å². The molecule has 1 aromatic rings. The topological polar surface area (TPSA) is 199 Å². The molecule has 0 saturated carbocycles. The molecule has 0 saturated heterocycles. The van der Waals surface area contributed by atoms with Crippen LogP contribution < -0.4 is 18.6 Å². The van der Waals surface area contributed by atoms with Crippen molar-refractivity contribution in [1.82, 2.24) is 15.4 Å². The number of carbonyl (C=O) groups excluding carboxylic acids is 1. The van der Waals surface area contributed by atoms with Gasteiger partial charge in [-0.1, -0.05) is 0 Å². The Labute approximate surface area is 199 Å². The minimum Gasteiger partial charge on any atom is -0.480 e. The summed E-state index contributed by atoms with van der Waals surface area (Å²) in [7, 11) is -3.68. The van der Waals surface area contributed by atoms with Crippen molar-refractivity contribution in [3.8, 4) is 0 Å². The number of urea groups is 1. The van der Waals surface area contributed by atoms with Crippen LogP contribution in [-0.4, -0.2) is 66.3 Å². The van der Waals surface area contributed by atoms with Gasteiger partial charge in [-0.05, 0) is 6.42 Å². The number of rotatable bonds is 14. The Kier molecular flexibility index (Phi) is 11.5. The van der Waals surface area contributed by atoms with Crippen LogP contribution in [0.2, 0.25) is 0 Å². The Morgan fingerprint density at radius 2 is 1.41 bits per heavy atom. The van der Waals surface area contributed by atoms with Crippen molar-refractivity contribution in [2.75, 3.05) is 6.54 Å². The number of hydrogen-bond donors (Lipinski definition) is 6. The predicted octanol–water partition coefficient (Wildman–Crippen LogP) is -0.620. The maximum atomic E-state index is 12.2. The number of amides is 2. The van der Waals surface area contributed by atoms with Gasteiger partial charge in [0.1, 0.15) is 6.04 Å². The Morgan fingerprint density at radius 3 is 1.91 bits per heavy atom. The molecule has 12 nitrogen and oxygen atoms in total. The van der Waals surface area contributed by atoms with Gasteiger partial charge in [-0.15, -0.1) is 0 Å². The zero-order valence-corrected chi connectivity index (χ0v) is 20.5. The van der Waals surface area contributed by atoms with Crippen molar-refractivity contribution < 1.29 is 67.6 Å². The van der Waals surface area contributed by atoms with Crippen molar-refractivity contribution in [1.29, 1.82) is 0 Å². The molecule has 2 atom stereocenters. The minimum atomic E-state index is -3.68. The van der Waals surface area contributed by atoms with Crippen LogP contribution in [0.25, 0.3) is 0 Å². The number of hydrogen-bond acceptors (Lipinski definition) is 6. The van der Waals surface area contributed by atoms with Crippen molar-refractivity contribution >= 4 is 37.2 Å². The first-order valence-electron chi connectivity index (χ1n) is 9.42. The first-order chi connectivity index (χ1) is 14.9. The van der Waals surface area contributed by atoms with Crippen molar-refractivity contribution in [2.24, 2.45) is 0 Å². The fourth-order valence-electron chi connectivity index (χ4n) is 2.52. The molecule has 1 rings (SSSR count). The summed E-state index contributed by atoms with van der Waals surface area (Å²) in [6, 6.07) is 2.48. The summed E-state index contributed by atoms with van der Waals surface area (Å²) >= 11 is 1.42. The van der Waals surface area contributed by atoms with Gasteiger partial charge in [-0.25, -0.2) is 14.4 Å². The molecule has 0 fully saturated rings. The fraction of sp³-hybridized carbons (Fsp3) is 0.444. The van der Waals surface area contributed by atoms with Crippen molar-refractivity contribution in [3.05, 3.63) is 24.3 Å². The molecule has 2 amide bonds. The molecule has 178 valence electrons. The molecule has 0 heterocycles. The third kappa shape index (κ3) is 10.3. The first kappa shape index (κ1) is 27.7. The van der Waals surface area contributed by atoms with Crippen LogP contribution in [0.5, 0.6) is 0 Å². The van der Waals surface area contributed by atoms with E-state index in [1.165, 1.54) is 36.9 Å². The predicted molar refractivity (Wildman–Crippen MR) is 107 cm³/mol. The van der Waals surface area contributed by atoms with Crippen molar-refractivity contribution in [2.45, 2.75) is 49.1 Å². The SMILES string of the molecule is O=C(O)CC[C@H](NC(=O)N[C@@H](CCCCNS(=O)(=O)c1ccc([At])cc1)C(=O)O)C(=O)O. The Bertz CT molecular complexity index is 922. The standard InChI is InChI=1S/C18H24AtN3O9S/c19-11-4-6-12(7-5-11)32(30,31)20-10-2-1-3-13(16(25)26)21-18(29)22-14(17(27)28)8-9-15(23)24/h4-7,13-14,20H,1-3,8-10H2,(H,23,24)(H,25,26)(H,27,28)(H2,21,22,29)/t13-,14-/m0/s1. The molecule has 0 aliphatic rings. The second-order valence-corrected chi connectivity index (χ2v) is 10.1. The van der Waals surface area contributed by atoms with Gasteiger partial charge in [0.25, 0.3) is 0 Å². The molecule has 1 aromatic carbocycles. The summed E-state index contributed by atoms with van der Waals surface area (Å²) < 4.78 is 27.8.